The van der Waals surface area contributed by atoms with E-state index in [2.05, 4.69) is 0 Å². The number of methoxy groups -OCH3 is 2. The van der Waals surface area contributed by atoms with Gasteiger partial charge in [0.1, 0.15) is 0 Å². The highest BCUT2D eigenvalue weighted by Crippen LogP contribution is 2.32. The van der Waals surface area contributed by atoms with Gasteiger partial charge in [0.2, 0.25) is 0 Å². The van der Waals surface area contributed by atoms with Crippen LogP contribution in [0.5, 0.6) is 0 Å². The van der Waals surface area contributed by atoms with E-state index in [9.17, 15) is 9.59 Å². The van der Waals surface area contributed by atoms with Crippen LogP contribution < -0.4 is 0 Å². The third-order valence-corrected chi connectivity index (χ3v) is 4.40. The summed E-state index contributed by atoms with van der Waals surface area (Å²) < 4.78 is 10.3. The van der Waals surface area contributed by atoms with E-state index in [1.54, 1.807) is 38.5 Å². The zero-order chi connectivity index (χ0) is 17.1. The topological polar surface area (TPSA) is 52.6 Å². The largest absolute Gasteiger partial charge is 0.384 e. The van der Waals surface area contributed by atoms with Crippen LogP contribution in [0.2, 0.25) is 0 Å². The van der Waals surface area contributed by atoms with Gasteiger partial charge in [0.05, 0.1) is 13.2 Å². The molecule has 0 spiro atoms. The van der Waals surface area contributed by atoms with Crippen LogP contribution in [-0.4, -0.2) is 39.0 Å². The van der Waals surface area contributed by atoms with Crippen molar-refractivity contribution >= 4 is 11.6 Å². The molecule has 1 aliphatic carbocycles. The molecule has 1 aliphatic rings. The number of carbonyl (C=O) groups excluding carboxylic acids is 2. The van der Waals surface area contributed by atoms with Crippen molar-refractivity contribution in [2.45, 2.75) is 12.8 Å². The van der Waals surface area contributed by atoms with Crippen molar-refractivity contribution in [1.29, 1.82) is 0 Å². The van der Waals surface area contributed by atoms with Gasteiger partial charge in [-0.1, -0.05) is 36.4 Å². The molecule has 0 unspecified atom stereocenters. The Morgan fingerprint density at radius 2 is 1.12 bits per heavy atom. The van der Waals surface area contributed by atoms with Crippen molar-refractivity contribution in [3.05, 3.63) is 69.8 Å². The predicted molar refractivity (Wildman–Crippen MR) is 90.9 cm³/mol. The molecule has 0 fully saturated rings. The lowest BCUT2D eigenvalue weighted by Gasteiger charge is -2.23. The highest BCUT2D eigenvalue weighted by atomic mass is 16.5. The zero-order valence-corrected chi connectivity index (χ0v) is 13.9. The summed E-state index contributed by atoms with van der Waals surface area (Å²) >= 11 is 0. The quantitative estimate of drug-likeness (QED) is 0.700. The van der Waals surface area contributed by atoms with Gasteiger partial charge < -0.3 is 9.47 Å². The summed E-state index contributed by atoms with van der Waals surface area (Å²) in [6, 6.07) is 10.9. The Bertz CT molecular complexity index is 726. The van der Waals surface area contributed by atoms with Crippen molar-refractivity contribution in [1.82, 2.24) is 0 Å². The molecule has 0 aliphatic heterocycles. The Morgan fingerprint density at radius 3 is 1.50 bits per heavy atom. The van der Waals surface area contributed by atoms with Gasteiger partial charge in [-0.3, -0.25) is 9.59 Å². The average Bonchev–Trinajstić information content (AvgIpc) is 2.62. The highest BCUT2D eigenvalue weighted by Gasteiger charge is 2.33. The van der Waals surface area contributed by atoms with Gasteiger partial charge in [-0.25, -0.2) is 0 Å². The maximum atomic E-state index is 13.0. The van der Waals surface area contributed by atoms with Gasteiger partial charge in [0, 0.05) is 36.5 Å². The van der Waals surface area contributed by atoms with E-state index in [4.69, 9.17) is 9.47 Å². The third kappa shape index (κ3) is 2.79. The number of rotatable bonds is 6. The standard InChI is InChI=1S/C20H20O4/c1-23-11-9-13-7-8-14(10-12-24-2)18-17(13)19(21)15-5-3-4-6-16(15)20(18)22/h3-8H,9-12H2,1-2H3. The maximum Gasteiger partial charge on any atom is 0.194 e. The summed E-state index contributed by atoms with van der Waals surface area (Å²) in [6.07, 6.45) is 1.20. The number of hydrogen-bond acceptors (Lipinski definition) is 4. The lowest BCUT2D eigenvalue weighted by Crippen LogP contribution is -2.25. The van der Waals surface area contributed by atoms with Crippen LogP contribution in [-0.2, 0) is 22.3 Å². The first-order chi connectivity index (χ1) is 11.7. The minimum Gasteiger partial charge on any atom is -0.384 e. The van der Waals surface area contributed by atoms with Crippen LogP contribution in [0, 0.1) is 0 Å². The first-order valence-electron chi connectivity index (χ1n) is 8.00. The number of ketones is 2. The maximum absolute atomic E-state index is 13.0. The average molecular weight is 324 g/mol. The second-order valence-electron chi connectivity index (χ2n) is 5.82. The van der Waals surface area contributed by atoms with E-state index in [0.29, 0.717) is 48.3 Å². The van der Waals surface area contributed by atoms with Crippen molar-refractivity contribution in [2.24, 2.45) is 0 Å². The molecule has 0 atom stereocenters. The molecule has 0 heterocycles. The van der Waals surface area contributed by atoms with Crippen LogP contribution in [0.3, 0.4) is 0 Å². The van der Waals surface area contributed by atoms with Crippen molar-refractivity contribution < 1.29 is 19.1 Å². The molecule has 0 saturated carbocycles. The molecule has 24 heavy (non-hydrogen) atoms. The van der Waals surface area contributed by atoms with E-state index in [-0.39, 0.29) is 11.6 Å². The van der Waals surface area contributed by atoms with Gasteiger partial charge in [0.15, 0.2) is 11.6 Å². The zero-order valence-electron chi connectivity index (χ0n) is 13.9. The fraction of sp³-hybridized carbons (Fsp3) is 0.300. The number of ether oxygens (including phenoxy) is 2. The molecule has 0 aromatic heterocycles. The molecule has 0 N–H and O–H groups in total. The molecule has 0 saturated heterocycles. The van der Waals surface area contributed by atoms with Gasteiger partial charge in [-0.05, 0) is 24.0 Å². The van der Waals surface area contributed by atoms with E-state index in [1.165, 1.54) is 0 Å². The minimum absolute atomic E-state index is 0.0782. The molecule has 2 aromatic rings. The Hall–Kier alpha value is -2.30. The molecule has 0 radical (unpaired) electrons. The van der Waals surface area contributed by atoms with Crippen molar-refractivity contribution in [3.8, 4) is 0 Å². The third-order valence-electron chi connectivity index (χ3n) is 4.40. The summed E-state index contributed by atoms with van der Waals surface area (Å²) in [5, 5.41) is 0. The van der Waals surface area contributed by atoms with E-state index in [0.717, 1.165) is 11.1 Å². The van der Waals surface area contributed by atoms with E-state index in [1.807, 2.05) is 12.1 Å². The highest BCUT2D eigenvalue weighted by molar-refractivity contribution is 6.29. The van der Waals surface area contributed by atoms with E-state index >= 15 is 0 Å². The van der Waals surface area contributed by atoms with E-state index < -0.39 is 0 Å². The van der Waals surface area contributed by atoms with Crippen LogP contribution >= 0.6 is 0 Å². The molecule has 2 aromatic carbocycles. The Balaban J connectivity index is 2.18. The number of carbonyl (C=O) groups is 2. The first-order valence-corrected chi connectivity index (χ1v) is 8.00. The van der Waals surface area contributed by atoms with Crippen LogP contribution in [0.15, 0.2) is 36.4 Å². The first kappa shape index (κ1) is 16.6. The minimum atomic E-state index is -0.0782. The van der Waals surface area contributed by atoms with Crippen molar-refractivity contribution in [3.63, 3.8) is 0 Å². The molecule has 3 rings (SSSR count). The summed E-state index contributed by atoms with van der Waals surface area (Å²) in [6.45, 7) is 1.01. The molecule has 4 heteroatoms. The Morgan fingerprint density at radius 1 is 0.708 bits per heavy atom. The van der Waals surface area contributed by atoms with Crippen molar-refractivity contribution in [2.75, 3.05) is 27.4 Å². The van der Waals surface area contributed by atoms with Crippen LogP contribution in [0.4, 0.5) is 0 Å². The van der Waals surface area contributed by atoms with Crippen LogP contribution in [0.1, 0.15) is 43.0 Å². The summed E-state index contributed by atoms with van der Waals surface area (Å²) in [5.74, 6) is -0.156. The second-order valence-corrected chi connectivity index (χ2v) is 5.82. The fourth-order valence-corrected chi connectivity index (χ4v) is 3.20. The smallest absolute Gasteiger partial charge is 0.194 e. The second kappa shape index (κ2) is 7.07. The normalized spacial score (nSPS) is 12.9. The Kier molecular flexibility index (Phi) is 4.88. The summed E-state index contributed by atoms with van der Waals surface area (Å²) in [4.78, 5) is 26.1. The predicted octanol–water partition coefficient (Wildman–Crippen LogP) is 2.84. The number of fused-ring (bicyclic) bond motifs is 2. The number of benzene rings is 2. The van der Waals surface area contributed by atoms with Gasteiger partial charge in [0.25, 0.3) is 0 Å². The lowest BCUT2D eigenvalue weighted by atomic mass is 9.78. The molecule has 4 nitrogen and oxygen atoms in total. The molecular formula is C20H20O4. The molecule has 124 valence electrons. The molecular weight excluding hydrogens is 304 g/mol. The summed E-state index contributed by atoms with van der Waals surface area (Å²) in [5.41, 5.74) is 3.76. The number of hydrogen-bond donors (Lipinski definition) is 0. The lowest BCUT2D eigenvalue weighted by molar-refractivity contribution is 0.0976. The molecule has 0 amide bonds. The molecule has 0 bridgehead atoms. The van der Waals surface area contributed by atoms with Crippen LogP contribution in [0.25, 0.3) is 0 Å². The summed E-state index contributed by atoms with van der Waals surface area (Å²) in [7, 11) is 3.25. The Labute approximate surface area is 141 Å². The fourth-order valence-electron chi connectivity index (χ4n) is 3.20. The van der Waals surface area contributed by atoms with Gasteiger partial charge >= 0.3 is 0 Å². The monoisotopic (exact) mass is 324 g/mol. The SMILES string of the molecule is COCCc1ccc(CCOC)c2c1C(=O)c1ccccc1C2=O. The van der Waals surface area contributed by atoms with Gasteiger partial charge in [-0.15, -0.1) is 0 Å². The van der Waals surface area contributed by atoms with Gasteiger partial charge in [-0.2, -0.15) is 0 Å².